The van der Waals surface area contributed by atoms with Crippen molar-refractivity contribution in [2.75, 3.05) is 6.61 Å². The van der Waals surface area contributed by atoms with Gasteiger partial charge in [0.2, 0.25) is 0 Å². The lowest BCUT2D eigenvalue weighted by atomic mass is 10.1. The van der Waals surface area contributed by atoms with E-state index in [1.807, 2.05) is 36.6 Å². The van der Waals surface area contributed by atoms with Crippen molar-refractivity contribution in [3.05, 3.63) is 34.7 Å². The van der Waals surface area contributed by atoms with Crippen LogP contribution in [0.4, 0.5) is 0 Å². The summed E-state index contributed by atoms with van der Waals surface area (Å²) in [7, 11) is 0. The van der Waals surface area contributed by atoms with E-state index in [1.54, 1.807) is 6.92 Å². The molecule has 2 rings (SSSR count). The van der Waals surface area contributed by atoms with Crippen molar-refractivity contribution in [3.63, 3.8) is 0 Å². The summed E-state index contributed by atoms with van der Waals surface area (Å²) in [6, 6.07) is 7.81. The molecule has 0 fully saturated rings. The Bertz CT molecular complexity index is 494. The quantitative estimate of drug-likeness (QED) is 0.904. The summed E-state index contributed by atoms with van der Waals surface area (Å²) in [5, 5.41) is 12.1. The zero-order valence-corrected chi connectivity index (χ0v) is 10.7. The molecule has 0 spiro atoms. The normalized spacial score (nSPS) is 12.4. The number of benzene rings is 1. The molecule has 0 aliphatic carbocycles. The Hall–Kier alpha value is -1.39. The van der Waals surface area contributed by atoms with Crippen LogP contribution in [0, 0.1) is 0 Å². The molecule has 2 aromatic rings. The van der Waals surface area contributed by atoms with Crippen molar-refractivity contribution in [1.82, 2.24) is 4.98 Å². The summed E-state index contributed by atoms with van der Waals surface area (Å²) >= 11 is 1.46. The highest BCUT2D eigenvalue weighted by molar-refractivity contribution is 7.10. The van der Waals surface area contributed by atoms with Crippen LogP contribution in [0.3, 0.4) is 0 Å². The highest BCUT2D eigenvalue weighted by atomic mass is 32.1. The van der Waals surface area contributed by atoms with Gasteiger partial charge in [0.1, 0.15) is 16.9 Å². The van der Waals surface area contributed by atoms with Gasteiger partial charge in [0.15, 0.2) is 0 Å². The molecule has 3 nitrogen and oxygen atoms in total. The lowest BCUT2D eigenvalue weighted by Crippen LogP contribution is -1.94. The van der Waals surface area contributed by atoms with Crippen molar-refractivity contribution in [1.29, 1.82) is 0 Å². The number of hydrogen-bond acceptors (Lipinski definition) is 4. The second-order valence-electron chi connectivity index (χ2n) is 3.68. The molecular weight excluding hydrogens is 234 g/mol. The second kappa shape index (κ2) is 5.29. The van der Waals surface area contributed by atoms with E-state index >= 15 is 0 Å². The fourth-order valence-corrected chi connectivity index (χ4v) is 2.32. The first-order valence-electron chi connectivity index (χ1n) is 5.58. The van der Waals surface area contributed by atoms with Gasteiger partial charge >= 0.3 is 0 Å². The third-order valence-electron chi connectivity index (χ3n) is 2.34. The van der Waals surface area contributed by atoms with Crippen LogP contribution in [0.1, 0.15) is 25.0 Å². The molecule has 0 radical (unpaired) electrons. The highest BCUT2D eigenvalue weighted by Crippen LogP contribution is 2.31. The molecular formula is C13H15NO2S. The smallest absolute Gasteiger partial charge is 0.128 e. The number of aliphatic hydroxyl groups excluding tert-OH is 1. The molecule has 0 saturated carbocycles. The van der Waals surface area contributed by atoms with Gasteiger partial charge in [0, 0.05) is 10.9 Å². The van der Waals surface area contributed by atoms with Gasteiger partial charge in [-0.1, -0.05) is 12.1 Å². The highest BCUT2D eigenvalue weighted by Gasteiger charge is 2.11. The molecule has 90 valence electrons. The van der Waals surface area contributed by atoms with Crippen LogP contribution in [0.2, 0.25) is 0 Å². The van der Waals surface area contributed by atoms with E-state index in [9.17, 15) is 5.11 Å². The molecule has 0 saturated heterocycles. The first kappa shape index (κ1) is 12.1. The summed E-state index contributed by atoms with van der Waals surface area (Å²) < 4.78 is 5.56. The van der Waals surface area contributed by atoms with Crippen molar-refractivity contribution in [2.24, 2.45) is 0 Å². The summed E-state index contributed by atoms with van der Waals surface area (Å²) in [4.78, 5) is 4.41. The van der Waals surface area contributed by atoms with Crippen molar-refractivity contribution >= 4 is 11.3 Å². The minimum Gasteiger partial charge on any atom is -0.493 e. The van der Waals surface area contributed by atoms with Crippen molar-refractivity contribution in [3.8, 4) is 17.0 Å². The molecule has 0 bridgehead atoms. The number of rotatable bonds is 4. The summed E-state index contributed by atoms with van der Waals surface area (Å²) in [5.74, 6) is 0.831. The minimum absolute atomic E-state index is 0.520. The maximum Gasteiger partial charge on any atom is 0.128 e. The van der Waals surface area contributed by atoms with E-state index in [1.165, 1.54) is 11.3 Å². The van der Waals surface area contributed by atoms with E-state index in [4.69, 9.17) is 4.74 Å². The zero-order chi connectivity index (χ0) is 12.3. The van der Waals surface area contributed by atoms with Crippen molar-refractivity contribution < 1.29 is 9.84 Å². The van der Waals surface area contributed by atoms with Gasteiger partial charge in [-0.2, -0.15) is 0 Å². The minimum atomic E-state index is -0.520. The average molecular weight is 249 g/mol. The Kier molecular flexibility index (Phi) is 3.76. The average Bonchev–Trinajstić information content (AvgIpc) is 2.79. The Morgan fingerprint density at radius 1 is 1.41 bits per heavy atom. The third kappa shape index (κ3) is 2.65. The predicted octanol–water partition coefficient (Wildman–Crippen LogP) is 3.26. The number of nitrogens with zero attached hydrogens (tertiary/aromatic N) is 1. The van der Waals surface area contributed by atoms with Crippen LogP contribution in [-0.2, 0) is 0 Å². The van der Waals surface area contributed by atoms with Crippen LogP contribution in [0.15, 0.2) is 29.6 Å². The largest absolute Gasteiger partial charge is 0.493 e. The molecule has 1 N–H and O–H groups in total. The number of para-hydroxylation sites is 1. The van der Waals surface area contributed by atoms with Crippen LogP contribution in [-0.4, -0.2) is 16.7 Å². The molecule has 0 aliphatic heterocycles. The topological polar surface area (TPSA) is 42.4 Å². The van der Waals surface area contributed by atoms with Crippen molar-refractivity contribution in [2.45, 2.75) is 20.0 Å². The molecule has 4 heteroatoms. The SMILES string of the molecule is CCOc1ccccc1-c1csc(C(C)O)n1. The molecule has 17 heavy (non-hydrogen) atoms. The van der Waals surface area contributed by atoms with Crippen LogP contribution in [0.5, 0.6) is 5.75 Å². The molecule has 0 aliphatic rings. The maximum absolute atomic E-state index is 9.47. The zero-order valence-electron chi connectivity index (χ0n) is 9.88. The van der Waals surface area contributed by atoms with E-state index in [0.29, 0.717) is 6.61 Å². The monoisotopic (exact) mass is 249 g/mol. The number of aromatic nitrogens is 1. The Morgan fingerprint density at radius 2 is 2.18 bits per heavy atom. The van der Waals surface area contributed by atoms with Gasteiger partial charge in [-0.3, -0.25) is 0 Å². The number of ether oxygens (including phenoxy) is 1. The van der Waals surface area contributed by atoms with E-state index in [-0.39, 0.29) is 0 Å². The molecule has 1 aromatic heterocycles. The van der Waals surface area contributed by atoms with E-state index in [2.05, 4.69) is 4.98 Å². The van der Waals surface area contributed by atoms with Gasteiger partial charge in [0.25, 0.3) is 0 Å². The van der Waals surface area contributed by atoms with Crippen LogP contribution < -0.4 is 4.74 Å². The molecule has 1 atom stereocenters. The third-order valence-corrected chi connectivity index (χ3v) is 3.36. The lowest BCUT2D eigenvalue weighted by Gasteiger charge is -2.07. The van der Waals surface area contributed by atoms with Gasteiger partial charge < -0.3 is 9.84 Å². The van der Waals surface area contributed by atoms with Crippen LogP contribution >= 0.6 is 11.3 Å². The first-order valence-corrected chi connectivity index (χ1v) is 6.46. The Morgan fingerprint density at radius 3 is 2.82 bits per heavy atom. The fraction of sp³-hybridized carbons (Fsp3) is 0.308. The summed E-state index contributed by atoms with van der Waals surface area (Å²) in [6.07, 6.45) is -0.520. The molecule has 1 unspecified atom stereocenters. The number of aliphatic hydroxyl groups is 1. The van der Waals surface area contributed by atoms with E-state index in [0.717, 1.165) is 22.0 Å². The first-order chi connectivity index (χ1) is 8.22. The summed E-state index contributed by atoms with van der Waals surface area (Å²) in [6.45, 7) is 4.31. The molecule has 1 heterocycles. The van der Waals surface area contributed by atoms with Gasteiger partial charge in [-0.15, -0.1) is 11.3 Å². The fourth-order valence-electron chi connectivity index (χ4n) is 1.56. The number of thiazole rings is 1. The van der Waals surface area contributed by atoms with Gasteiger partial charge in [0.05, 0.1) is 12.3 Å². The Labute approximate surface area is 105 Å². The maximum atomic E-state index is 9.47. The van der Waals surface area contributed by atoms with Crippen LogP contribution in [0.25, 0.3) is 11.3 Å². The predicted molar refractivity (Wildman–Crippen MR) is 69.4 cm³/mol. The summed E-state index contributed by atoms with van der Waals surface area (Å²) in [5.41, 5.74) is 1.83. The Balaban J connectivity index is 2.38. The standard InChI is InChI=1S/C13H15NO2S/c1-3-16-12-7-5-4-6-10(12)11-8-17-13(14-11)9(2)15/h4-9,15H,3H2,1-2H3. The number of hydrogen-bond donors (Lipinski definition) is 1. The molecule has 0 amide bonds. The molecule has 1 aromatic carbocycles. The second-order valence-corrected chi connectivity index (χ2v) is 4.57. The lowest BCUT2D eigenvalue weighted by molar-refractivity contribution is 0.199. The van der Waals surface area contributed by atoms with Gasteiger partial charge in [-0.25, -0.2) is 4.98 Å². The van der Waals surface area contributed by atoms with E-state index < -0.39 is 6.10 Å². The van der Waals surface area contributed by atoms with Gasteiger partial charge in [-0.05, 0) is 26.0 Å².